The molecular weight excluding hydrogens is 315 g/mol. The molecular formula is C13H10BrFN2O2. The molecule has 0 saturated carbocycles. The normalized spacial score (nSPS) is 10.2. The number of anilines is 1. The van der Waals surface area contributed by atoms with Crippen molar-refractivity contribution in [2.45, 2.75) is 0 Å². The van der Waals surface area contributed by atoms with Crippen molar-refractivity contribution in [1.29, 1.82) is 0 Å². The Morgan fingerprint density at radius 2 is 2.00 bits per heavy atom. The fourth-order valence-corrected chi connectivity index (χ4v) is 2.01. The van der Waals surface area contributed by atoms with Gasteiger partial charge in [0.05, 0.1) is 11.3 Å². The van der Waals surface area contributed by atoms with Gasteiger partial charge in [0.2, 0.25) is 0 Å². The van der Waals surface area contributed by atoms with Gasteiger partial charge in [-0.25, -0.2) is 4.39 Å². The third kappa shape index (κ3) is 3.03. The maximum atomic E-state index is 13.2. The van der Waals surface area contributed by atoms with E-state index in [-0.39, 0.29) is 22.7 Å². The van der Waals surface area contributed by atoms with Crippen LogP contribution in [-0.2, 0) is 0 Å². The van der Waals surface area contributed by atoms with E-state index in [0.717, 1.165) is 0 Å². The molecule has 4 nitrogen and oxygen atoms in total. The van der Waals surface area contributed by atoms with Crippen molar-refractivity contribution in [2.75, 3.05) is 5.73 Å². The minimum Gasteiger partial charge on any atom is -0.455 e. The molecule has 2 aromatic carbocycles. The van der Waals surface area contributed by atoms with Crippen molar-refractivity contribution in [1.82, 2.24) is 0 Å². The Kier molecular flexibility index (Phi) is 3.71. The summed E-state index contributed by atoms with van der Waals surface area (Å²) in [5.74, 6) is -0.591. The molecule has 0 heterocycles. The van der Waals surface area contributed by atoms with Gasteiger partial charge in [0.25, 0.3) is 5.91 Å². The minimum atomic E-state index is -0.650. The summed E-state index contributed by atoms with van der Waals surface area (Å²) < 4.78 is 19.2. The lowest BCUT2D eigenvalue weighted by molar-refractivity contribution is 0.100. The Bertz CT molecular complexity index is 626. The van der Waals surface area contributed by atoms with Crippen LogP contribution < -0.4 is 16.2 Å². The highest BCUT2D eigenvalue weighted by atomic mass is 79.9. The van der Waals surface area contributed by atoms with Crippen LogP contribution >= 0.6 is 15.9 Å². The van der Waals surface area contributed by atoms with Crippen LogP contribution in [-0.4, -0.2) is 5.91 Å². The number of hydrogen-bond acceptors (Lipinski definition) is 3. The topological polar surface area (TPSA) is 78.3 Å². The molecule has 98 valence electrons. The van der Waals surface area contributed by atoms with Crippen molar-refractivity contribution in [3.63, 3.8) is 0 Å². The van der Waals surface area contributed by atoms with Crippen molar-refractivity contribution < 1.29 is 13.9 Å². The maximum Gasteiger partial charge on any atom is 0.250 e. The molecule has 0 spiro atoms. The van der Waals surface area contributed by atoms with Gasteiger partial charge in [0.1, 0.15) is 11.6 Å². The number of benzene rings is 2. The number of nitrogens with two attached hydrogens (primary N) is 2. The number of hydrogen-bond donors (Lipinski definition) is 2. The van der Waals surface area contributed by atoms with Crippen LogP contribution in [0.25, 0.3) is 0 Å². The molecule has 2 aromatic rings. The largest absolute Gasteiger partial charge is 0.455 e. The number of amides is 1. The second-order valence-electron chi connectivity index (χ2n) is 3.79. The summed E-state index contributed by atoms with van der Waals surface area (Å²) in [4.78, 5) is 11.2. The van der Waals surface area contributed by atoms with E-state index in [9.17, 15) is 9.18 Å². The number of nitrogen functional groups attached to an aromatic ring is 1. The first-order valence-corrected chi connectivity index (χ1v) is 6.09. The zero-order valence-corrected chi connectivity index (χ0v) is 11.3. The molecule has 4 N–H and O–H groups in total. The number of carbonyl (C=O) groups excluding carboxylic acids is 1. The lowest BCUT2D eigenvalue weighted by Gasteiger charge is -2.11. The molecule has 0 saturated heterocycles. The average molecular weight is 325 g/mol. The molecule has 2 rings (SSSR count). The van der Waals surface area contributed by atoms with Gasteiger partial charge in [-0.15, -0.1) is 0 Å². The Morgan fingerprint density at radius 1 is 1.26 bits per heavy atom. The average Bonchev–Trinajstić information content (AvgIpc) is 2.30. The lowest BCUT2D eigenvalue weighted by Crippen LogP contribution is -2.13. The molecule has 0 bridgehead atoms. The van der Waals surface area contributed by atoms with Gasteiger partial charge in [-0.1, -0.05) is 22.0 Å². The zero-order chi connectivity index (χ0) is 14.0. The second-order valence-corrected chi connectivity index (χ2v) is 4.70. The Hall–Kier alpha value is -2.08. The van der Waals surface area contributed by atoms with Gasteiger partial charge in [0, 0.05) is 10.5 Å². The predicted octanol–water partition coefficient (Wildman–Crippen LogP) is 3.06. The van der Waals surface area contributed by atoms with Crippen LogP contribution in [0, 0.1) is 5.82 Å². The number of ether oxygens (including phenoxy) is 1. The summed E-state index contributed by atoms with van der Waals surface area (Å²) in [7, 11) is 0. The van der Waals surface area contributed by atoms with E-state index in [1.165, 1.54) is 18.2 Å². The quantitative estimate of drug-likeness (QED) is 0.851. The summed E-state index contributed by atoms with van der Waals surface area (Å²) in [5.41, 5.74) is 11.2. The van der Waals surface area contributed by atoms with Gasteiger partial charge in [-0.05, 0) is 24.3 Å². The summed E-state index contributed by atoms with van der Waals surface area (Å²) in [6.45, 7) is 0. The first-order valence-electron chi connectivity index (χ1n) is 5.29. The van der Waals surface area contributed by atoms with Gasteiger partial charge in [-0.2, -0.15) is 0 Å². The number of para-hydroxylation sites is 1. The molecule has 6 heteroatoms. The van der Waals surface area contributed by atoms with Crippen molar-refractivity contribution >= 4 is 27.5 Å². The first kappa shape index (κ1) is 13.4. The van der Waals surface area contributed by atoms with E-state index in [2.05, 4.69) is 15.9 Å². The number of carbonyl (C=O) groups is 1. The highest BCUT2D eigenvalue weighted by Crippen LogP contribution is 2.31. The van der Waals surface area contributed by atoms with E-state index < -0.39 is 11.7 Å². The molecule has 0 unspecified atom stereocenters. The van der Waals surface area contributed by atoms with Gasteiger partial charge < -0.3 is 16.2 Å². The first-order chi connectivity index (χ1) is 8.97. The van der Waals surface area contributed by atoms with Gasteiger partial charge in [-0.3, -0.25) is 4.79 Å². The van der Waals surface area contributed by atoms with E-state index in [1.54, 1.807) is 18.2 Å². The summed E-state index contributed by atoms with van der Waals surface area (Å²) >= 11 is 3.16. The molecule has 0 aliphatic carbocycles. The summed E-state index contributed by atoms with van der Waals surface area (Å²) in [6.07, 6.45) is 0. The fraction of sp³-hybridized carbons (Fsp3) is 0. The van der Waals surface area contributed by atoms with Crippen LogP contribution in [0.2, 0.25) is 0 Å². The highest BCUT2D eigenvalue weighted by molar-refractivity contribution is 9.10. The summed E-state index contributed by atoms with van der Waals surface area (Å²) in [5, 5.41) is 0. The maximum absolute atomic E-state index is 13.2. The standard InChI is InChI=1S/C13H10BrFN2O2/c14-7-4-8(15)6-9(5-7)19-11-3-1-2-10(12(11)16)13(17)18/h1-6H,16H2,(H2,17,18). The van der Waals surface area contributed by atoms with Crippen molar-refractivity contribution in [3.05, 3.63) is 52.3 Å². The molecule has 0 aromatic heterocycles. The van der Waals surface area contributed by atoms with Crippen LogP contribution in [0.4, 0.5) is 10.1 Å². The van der Waals surface area contributed by atoms with Crippen LogP contribution in [0.5, 0.6) is 11.5 Å². The monoisotopic (exact) mass is 324 g/mol. The summed E-state index contributed by atoms with van der Waals surface area (Å²) in [6, 6.07) is 8.74. The van der Waals surface area contributed by atoms with E-state index in [1.807, 2.05) is 0 Å². The predicted molar refractivity (Wildman–Crippen MR) is 73.5 cm³/mol. The minimum absolute atomic E-state index is 0.121. The Balaban J connectivity index is 2.38. The van der Waals surface area contributed by atoms with Crippen molar-refractivity contribution in [2.24, 2.45) is 5.73 Å². The lowest BCUT2D eigenvalue weighted by atomic mass is 10.1. The van der Waals surface area contributed by atoms with E-state index in [0.29, 0.717) is 4.47 Å². The molecule has 19 heavy (non-hydrogen) atoms. The third-order valence-electron chi connectivity index (χ3n) is 2.40. The number of rotatable bonds is 3. The number of primary amides is 1. The van der Waals surface area contributed by atoms with Crippen LogP contribution in [0.3, 0.4) is 0 Å². The molecule has 0 aliphatic rings. The Morgan fingerprint density at radius 3 is 2.63 bits per heavy atom. The molecule has 0 aliphatic heterocycles. The molecule has 1 amide bonds. The molecule has 0 radical (unpaired) electrons. The fourth-order valence-electron chi connectivity index (χ4n) is 1.56. The van der Waals surface area contributed by atoms with Crippen LogP contribution in [0.1, 0.15) is 10.4 Å². The van der Waals surface area contributed by atoms with Crippen LogP contribution in [0.15, 0.2) is 40.9 Å². The third-order valence-corrected chi connectivity index (χ3v) is 2.85. The SMILES string of the molecule is NC(=O)c1cccc(Oc2cc(F)cc(Br)c2)c1N. The van der Waals surface area contributed by atoms with E-state index >= 15 is 0 Å². The molecule has 0 fully saturated rings. The zero-order valence-electron chi connectivity index (χ0n) is 9.69. The van der Waals surface area contributed by atoms with E-state index in [4.69, 9.17) is 16.2 Å². The number of halogens is 2. The smallest absolute Gasteiger partial charge is 0.250 e. The second kappa shape index (κ2) is 5.27. The van der Waals surface area contributed by atoms with Gasteiger partial charge >= 0.3 is 0 Å². The van der Waals surface area contributed by atoms with Crippen molar-refractivity contribution in [3.8, 4) is 11.5 Å². The van der Waals surface area contributed by atoms with Gasteiger partial charge in [0.15, 0.2) is 5.75 Å². The highest BCUT2D eigenvalue weighted by Gasteiger charge is 2.11. The molecule has 0 atom stereocenters. The Labute approximate surface area is 117 Å².